The summed E-state index contributed by atoms with van der Waals surface area (Å²) in [7, 11) is -2.77. The van der Waals surface area contributed by atoms with Crippen LogP contribution in [-0.2, 0) is 10.0 Å². The molecule has 24 heavy (non-hydrogen) atoms. The van der Waals surface area contributed by atoms with Gasteiger partial charge in [0.15, 0.2) is 4.90 Å². The molecule has 0 saturated carbocycles. The molecule has 1 aromatic carbocycles. The number of sulfonamides is 1. The Morgan fingerprint density at radius 1 is 1.17 bits per heavy atom. The molecule has 0 amide bonds. The summed E-state index contributed by atoms with van der Waals surface area (Å²) in [5.74, 6) is 0. The Morgan fingerprint density at radius 2 is 1.88 bits per heavy atom. The highest BCUT2D eigenvalue weighted by Gasteiger charge is 2.27. The number of aryl methyl sites for hydroxylation is 2. The van der Waals surface area contributed by atoms with Crippen LogP contribution in [0.4, 0.5) is 5.69 Å². The quantitative estimate of drug-likeness (QED) is 0.720. The largest absolute Gasteiger partial charge is 0.325 e. The highest BCUT2D eigenvalue weighted by Crippen LogP contribution is 2.28. The van der Waals surface area contributed by atoms with Gasteiger partial charge >= 0.3 is 5.69 Å². The molecule has 3 aromatic rings. The van der Waals surface area contributed by atoms with Gasteiger partial charge in [-0.25, -0.2) is 18.2 Å². The van der Waals surface area contributed by atoms with E-state index in [1.807, 2.05) is 11.9 Å². The SMILES string of the molecule is Cc1nc2ccc(N(C)S(=O)(=O)c3c(C)[nH]c(=O)[nH]c3=O)cc2s1. The number of nitrogens with one attached hydrogen (secondary N) is 2. The van der Waals surface area contributed by atoms with Crippen molar-refractivity contribution in [3.8, 4) is 0 Å². The van der Waals surface area contributed by atoms with E-state index in [0.29, 0.717) is 5.69 Å². The van der Waals surface area contributed by atoms with Gasteiger partial charge in [-0.1, -0.05) is 0 Å². The molecule has 0 spiro atoms. The standard InChI is InChI=1S/C14H14N4O4S2/c1-7-12(13(19)17-14(20)15-7)24(21,22)18(3)9-4-5-10-11(6-9)23-8(2)16-10/h4-6H,1-3H3,(H2,15,17,19,20). The number of hydrogen-bond donors (Lipinski definition) is 2. The lowest BCUT2D eigenvalue weighted by molar-refractivity contribution is 0.591. The first kappa shape index (κ1) is 16.4. The van der Waals surface area contributed by atoms with Crippen LogP contribution in [0.15, 0.2) is 32.7 Å². The predicted molar refractivity (Wildman–Crippen MR) is 92.4 cm³/mol. The Balaban J connectivity index is 2.15. The van der Waals surface area contributed by atoms with Crippen LogP contribution in [0.1, 0.15) is 10.7 Å². The van der Waals surface area contributed by atoms with E-state index in [0.717, 1.165) is 19.5 Å². The number of rotatable bonds is 3. The minimum Gasteiger partial charge on any atom is -0.310 e. The van der Waals surface area contributed by atoms with E-state index in [1.54, 1.807) is 18.2 Å². The van der Waals surface area contributed by atoms with Crippen molar-refractivity contribution in [2.24, 2.45) is 0 Å². The molecule has 0 aliphatic heterocycles. The lowest BCUT2D eigenvalue weighted by Crippen LogP contribution is -2.36. The molecule has 0 atom stereocenters. The van der Waals surface area contributed by atoms with Crippen LogP contribution in [0.3, 0.4) is 0 Å². The lowest BCUT2D eigenvalue weighted by Gasteiger charge is -2.19. The number of aromatic amines is 2. The second-order valence-corrected chi connectivity index (χ2v) is 8.36. The highest BCUT2D eigenvalue weighted by atomic mass is 32.2. The molecule has 0 aliphatic carbocycles. The van der Waals surface area contributed by atoms with Crippen molar-refractivity contribution in [1.82, 2.24) is 15.0 Å². The summed E-state index contributed by atoms with van der Waals surface area (Å²) in [6, 6.07) is 5.05. The second-order valence-electron chi connectivity index (χ2n) is 5.22. The van der Waals surface area contributed by atoms with Gasteiger partial charge in [-0.2, -0.15) is 0 Å². The Labute approximate surface area is 140 Å². The Bertz CT molecular complexity index is 1160. The normalized spacial score (nSPS) is 11.8. The molecule has 2 N–H and O–H groups in total. The zero-order valence-electron chi connectivity index (χ0n) is 13.1. The first-order valence-corrected chi connectivity index (χ1v) is 9.15. The monoisotopic (exact) mass is 366 g/mol. The zero-order chi connectivity index (χ0) is 17.6. The van der Waals surface area contributed by atoms with Gasteiger partial charge in [-0.15, -0.1) is 11.3 Å². The van der Waals surface area contributed by atoms with E-state index < -0.39 is 26.2 Å². The molecule has 2 aromatic heterocycles. The van der Waals surface area contributed by atoms with E-state index >= 15 is 0 Å². The van der Waals surface area contributed by atoms with Crippen LogP contribution in [0.5, 0.6) is 0 Å². The predicted octanol–water partition coefficient (Wildman–Crippen LogP) is 1.11. The first-order chi connectivity index (χ1) is 11.2. The van der Waals surface area contributed by atoms with Gasteiger partial charge in [-0.05, 0) is 32.0 Å². The maximum absolute atomic E-state index is 12.8. The molecule has 0 fully saturated rings. The molecule has 0 radical (unpaired) electrons. The molecule has 0 unspecified atom stereocenters. The molecule has 0 bridgehead atoms. The molecule has 0 saturated heterocycles. The fourth-order valence-corrected chi connectivity index (χ4v) is 4.65. The summed E-state index contributed by atoms with van der Waals surface area (Å²) in [4.78, 5) is 31.3. The third kappa shape index (κ3) is 2.63. The Hall–Kier alpha value is -2.46. The summed E-state index contributed by atoms with van der Waals surface area (Å²) in [6.45, 7) is 3.24. The van der Waals surface area contributed by atoms with E-state index in [2.05, 4.69) is 9.97 Å². The number of aromatic nitrogens is 3. The van der Waals surface area contributed by atoms with Gasteiger partial charge in [0.2, 0.25) is 0 Å². The van der Waals surface area contributed by atoms with Crippen LogP contribution < -0.4 is 15.6 Å². The molecule has 126 valence electrons. The van der Waals surface area contributed by atoms with Gasteiger partial charge in [0, 0.05) is 12.7 Å². The summed E-state index contributed by atoms with van der Waals surface area (Å²) >= 11 is 1.45. The Morgan fingerprint density at radius 3 is 2.54 bits per heavy atom. The number of nitrogens with zero attached hydrogens (tertiary/aromatic N) is 2. The summed E-state index contributed by atoms with van der Waals surface area (Å²) < 4.78 is 27.5. The van der Waals surface area contributed by atoms with Crippen molar-refractivity contribution in [3.05, 3.63) is 49.7 Å². The number of thiazole rings is 1. The fourth-order valence-electron chi connectivity index (χ4n) is 2.40. The van der Waals surface area contributed by atoms with Gasteiger partial charge in [0.05, 0.1) is 20.9 Å². The molecular formula is C14H14N4O4S2. The molecule has 0 aliphatic rings. The van der Waals surface area contributed by atoms with Crippen LogP contribution >= 0.6 is 11.3 Å². The van der Waals surface area contributed by atoms with Crippen molar-refractivity contribution in [1.29, 1.82) is 0 Å². The molecular weight excluding hydrogens is 352 g/mol. The van der Waals surface area contributed by atoms with Gasteiger partial charge in [0.25, 0.3) is 15.6 Å². The van der Waals surface area contributed by atoms with E-state index in [9.17, 15) is 18.0 Å². The molecule has 3 rings (SSSR count). The van der Waals surface area contributed by atoms with Crippen molar-refractivity contribution in [3.63, 3.8) is 0 Å². The maximum atomic E-state index is 12.8. The van der Waals surface area contributed by atoms with Crippen molar-refractivity contribution in [2.45, 2.75) is 18.7 Å². The van der Waals surface area contributed by atoms with E-state index in [1.165, 1.54) is 25.3 Å². The van der Waals surface area contributed by atoms with E-state index in [-0.39, 0.29) is 5.69 Å². The number of fused-ring (bicyclic) bond motifs is 1. The maximum Gasteiger partial charge on any atom is 0.325 e. The van der Waals surface area contributed by atoms with Gasteiger partial charge < -0.3 is 4.98 Å². The second kappa shape index (κ2) is 5.56. The lowest BCUT2D eigenvalue weighted by atomic mass is 10.3. The van der Waals surface area contributed by atoms with Crippen LogP contribution in [0, 0.1) is 13.8 Å². The van der Waals surface area contributed by atoms with Gasteiger partial charge in [0.1, 0.15) is 0 Å². The summed E-state index contributed by atoms with van der Waals surface area (Å²) in [5, 5.41) is 0.876. The molecule has 2 heterocycles. The number of hydrogen-bond acceptors (Lipinski definition) is 6. The van der Waals surface area contributed by atoms with Gasteiger partial charge in [-0.3, -0.25) is 14.1 Å². The average molecular weight is 366 g/mol. The minimum absolute atomic E-state index is 0.00897. The third-order valence-corrected chi connectivity index (χ3v) is 6.41. The summed E-state index contributed by atoms with van der Waals surface area (Å²) in [6.07, 6.45) is 0. The zero-order valence-corrected chi connectivity index (χ0v) is 14.7. The molecule has 10 heteroatoms. The topological polar surface area (TPSA) is 116 Å². The van der Waals surface area contributed by atoms with Crippen LogP contribution in [0.2, 0.25) is 0 Å². The average Bonchev–Trinajstić information content (AvgIpc) is 2.83. The van der Waals surface area contributed by atoms with E-state index in [4.69, 9.17) is 0 Å². The highest BCUT2D eigenvalue weighted by molar-refractivity contribution is 7.92. The third-order valence-electron chi connectivity index (χ3n) is 3.54. The number of anilines is 1. The summed E-state index contributed by atoms with van der Waals surface area (Å²) in [5.41, 5.74) is -0.523. The minimum atomic E-state index is -4.13. The first-order valence-electron chi connectivity index (χ1n) is 6.89. The van der Waals surface area contributed by atoms with Crippen LogP contribution in [0.25, 0.3) is 10.2 Å². The molecule has 8 nitrogen and oxygen atoms in total. The van der Waals surface area contributed by atoms with Crippen LogP contribution in [-0.4, -0.2) is 30.4 Å². The smallest absolute Gasteiger partial charge is 0.310 e. The number of H-pyrrole nitrogens is 2. The fraction of sp³-hybridized carbons (Fsp3) is 0.214. The Kier molecular flexibility index (Phi) is 3.80. The van der Waals surface area contributed by atoms with Crippen molar-refractivity contribution >= 4 is 37.3 Å². The van der Waals surface area contributed by atoms with Crippen molar-refractivity contribution in [2.75, 3.05) is 11.4 Å². The number of benzene rings is 1. The van der Waals surface area contributed by atoms with Crippen molar-refractivity contribution < 1.29 is 8.42 Å².